The van der Waals surface area contributed by atoms with E-state index >= 15 is 0 Å². The number of hydrogen-bond acceptors (Lipinski definition) is 3. The Kier molecular flexibility index (Phi) is 4.97. The number of hydrogen-bond donors (Lipinski definition) is 2. The Morgan fingerprint density at radius 3 is 2.61 bits per heavy atom. The Morgan fingerprint density at radius 2 is 1.87 bits per heavy atom. The van der Waals surface area contributed by atoms with Crippen LogP contribution in [-0.4, -0.2) is 14.5 Å². The summed E-state index contributed by atoms with van der Waals surface area (Å²) in [5.41, 5.74) is 2.27. The van der Waals surface area contributed by atoms with Crippen LogP contribution in [0.1, 0.15) is 17.2 Å². The van der Waals surface area contributed by atoms with Crippen molar-refractivity contribution in [2.75, 3.05) is 4.43 Å². The van der Waals surface area contributed by atoms with Crippen LogP contribution < -0.4 is 10.3 Å². The minimum Gasteiger partial charge on any atom is -0.487 e. The van der Waals surface area contributed by atoms with Crippen molar-refractivity contribution < 1.29 is 9.84 Å². The molecule has 0 aliphatic heterocycles. The molecular formula is C18H16INO3. The van der Waals surface area contributed by atoms with Crippen molar-refractivity contribution >= 4 is 33.5 Å². The minimum absolute atomic E-state index is 0.192. The van der Waals surface area contributed by atoms with E-state index in [1.165, 1.54) is 6.07 Å². The number of ether oxygens (including phenoxy) is 1. The molecule has 2 aromatic carbocycles. The number of aliphatic hydroxyl groups excluding tert-OH is 1. The van der Waals surface area contributed by atoms with E-state index in [0.29, 0.717) is 22.3 Å². The van der Waals surface area contributed by atoms with Gasteiger partial charge in [0.05, 0.1) is 11.6 Å². The van der Waals surface area contributed by atoms with Crippen molar-refractivity contribution in [2.45, 2.75) is 12.7 Å². The Bertz CT molecular complexity index is 861. The van der Waals surface area contributed by atoms with Gasteiger partial charge in [0.1, 0.15) is 12.4 Å². The first-order valence-electron chi connectivity index (χ1n) is 7.25. The van der Waals surface area contributed by atoms with Crippen LogP contribution >= 0.6 is 22.6 Å². The number of aromatic amines is 1. The lowest BCUT2D eigenvalue weighted by Crippen LogP contribution is -2.07. The van der Waals surface area contributed by atoms with Crippen LogP contribution in [0.25, 0.3) is 10.9 Å². The predicted molar refractivity (Wildman–Crippen MR) is 99.2 cm³/mol. The first kappa shape index (κ1) is 16.0. The molecule has 118 valence electrons. The molecule has 0 spiro atoms. The summed E-state index contributed by atoms with van der Waals surface area (Å²) >= 11 is 2.14. The van der Waals surface area contributed by atoms with Gasteiger partial charge in [-0.3, -0.25) is 4.79 Å². The Balaban J connectivity index is 2.00. The van der Waals surface area contributed by atoms with Gasteiger partial charge in [-0.25, -0.2) is 0 Å². The molecule has 0 amide bonds. The van der Waals surface area contributed by atoms with Crippen molar-refractivity contribution in [1.29, 1.82) is 0 Å². The molecule has 3 rings (SSSR count). The third kappa shape index (κ3) is 3.56. The van der Waals surface area contributed by atoms with Crippen molar-refractivity contribution in [1.82, 2.24) is 4.98 Å². The zero-order valence-corrected chi connectivity index (χ0v) is 14.5. The predicted octanol–water partition coefficient (Wildman–Crippen LogP) is 3.58. The second-order valence-electron chi connectivity index (χ2n) is 5.21. The van der Waals surface area contributed by atoms with E-state index in [9.17, 15) is 9.90 Å². The van der Waals surface area contributed by atoms with Crippen LogP contribution in [0, 0.1) is 0 Å². The fraction of sp³-hybridized carbons (Fsp3) is 0.167. The van der Waals surface area contributed by atoms with Crippen molar-refractivity contribution in [2.24, 2.45) is 0 Å². The van der Waals surface area contributed by atoms with Gasteiger partial charge in [-0.1, -0.05) is 59.0 Å². The number of benzene rings is 2. The van der Waals surface area contributed by atoms with Gasteiger partial charge in [-0.15, -0.1) is 0 Å². The highest BCUT2D eigenvalue weighted by atomic mass is 127. The molecule has 5 heteroatoms. The SMILES string of the molecule is O=c1ccc2c([C@@H](O)CI)ccc(OCc3ccccc3)c2[nH]1. The number of fused-ring (bicyclic) bond motifs is 1. The highest BCUT2D eigenvalue weighted by Gasteiger charge is 2.13. The summed E-state index contributed by atoms with van der Waals surface area (Å²) in [6, 6.07) is 16.7. The maximum absolute atomic E-state index is 11.7. The van der Waals surface area contributed by atoms with E-state index < -0.39 is 6.10 Å². The molecule has 23 heavy (non-hydrogen) atoms. The van der Waals surface area contributed by atoms with Gasteiger partial charge in [-0.05, 0) is 23.3 Å². The third-order valence-electron chi connectivity index (χ3n) is 3.63. The molecule has 0 radical (unpaired) electrons. The highest BCUT2D eigenvalue weighted by Crippen LogP contribution is 2.30. The number of nitrogens with one attached hydrogen (secondary N) is 1. The van der Waals surface area contributed by atoms with Crippen LogP contribution in [0.15, 0.2) is 59.4 Å². The van der Waals surface area contributed by atoms with E-state index in [1.807, 2.05) is 36.4 Å². The summed E-state index contributed by atoms with van der Waals surface area (Å²) in [4.78, 5) is 14.5. The molecule has 1 atom stereocenters. The molecule has 1 aromatic heterocycles. The number of rotatable bonds is 5. The second kappa shape index (κ2) is 7.14. The number of aromatic nitrogens is 1. The summed E-state index contributed by atoms with van der Waals surface area (Å²) in [6.07, 6.45) is -0.577. The second-order valence-corrected chi connectivity index (χ2v) is 6.09. The summed E-state index contributed by atoms with van der Waals surface area (Å²) in [5, 5.41) is 11.0. The Labute approximate surface area is 147 Å². The molecule has 0 bridgehead atoms. The average Bonchev–Trinajstić information content (AvgIpc) is 2.59. The molecule has 0 saturated heterocycles. The molecule has 4 nitrogen and oxygen atoms in total. The van der Waals surface area contributed by atoms with Gasteiger partial charge in [0, 0.05) is 15.9 Å². The molecule has 3 aromatic rings. The fourth-order valence-corrected chi connectivity index (χ4v) is 2.95. The maximum atomic E-state index is 11.7. The number of halogens is 1. The molecule has 0 aliphatic carbocycles. The maximum Gasteiger partial charge on any atom is 0.248 e. The first-order chi connectivity index (χ1) is 11.2. The lowest BCUT2D eigenvalue weighted by atomic mass is 10.0. The standard InChI is InChI=1S/C18H16INO3/c19-10-15(21)13-6-8-16(18-14(13)7-9-17(22)20-18)23-11-12-4-2-1-3-5-12/h1-9,15,21H,10-11H2,(H,20,22)/t15-/m0/s1. The van der Waals surface area contributed by atoms with Gasteiger partial charge < -0.3 is 14.8 Å². The highest BCUT2D eigenvalue weighted by molar-refractivity contribution is 14.1. The van der Waals surface area contributed by atoms with Gasteiger partial charge >= 0.3 is 0 Å². The first-order valence-corrected chi connectivity index (χ1v) is 8.78. The summed E-state index contributed by atoms with van der Waals surface area (Å²) < 4.78 is 6.45. The van der Waals surface area contributed by atoms with Crippen LogP contribution in [0.5, 0.6) is 5.75 Å². The zero-order chi connectivity index (χ0) is 16.2. The van der Waals surface area contributed by atoms with Crippen molar-refractivity contribution in [3.05, 3.63) is 76.1 Å². The number of pyridine rings is 1. The summed E-state index contributed by atoms with van der Waals surface area (Å²) in [5.74, 6) is 0.603. The van der Waals surface area contributed by atoms with Gasteiger partial charge in [-0.2, -0.15) is 0 Å². The average molecular weight is 421 g/mol. The normalized spacial score (nSPS) is 12.3. The number of H-pyrrole nitrogens is 1. The molecule has 0 saturated carbocycles. The topological polar surface area (TPSA) is 62.3 Å². The molecule has 0 aliphatic rings. The van der Waals surface area contributed by atoms with E-state index in [2.05, 4.69) is 27.6 Å². The molecule has 1 heterocycles. The van der Waals surface area contributed by atoms with Crippen molar-refractivity contribution in [3.63, 3.8) is 0 Å². The summed E-state index contributed by atoms with van der Waals surface area (Å²) in [6.45, 7) is 0.418. The van der Waals surface area contributed by atoms with Gasteiger partial charge in [0.15, 0.2) is 0 Å². The fourth-order valence-electron chi connectivity index (χ4n) is 2.48. The minimum atomic E-state index is -0.577. The molecule has 0 fully saturated rings. The van der Waals surface area contributed by atoms with E-state index in [0.717, 1.165) is 16.5 Å². The number of aliphatic hydroxyl groups is 1. The largest absolute Gasteiger partial charge is 0.487 e. The van der Waals surface area contributed by atoms with Gasteiger partial charge in [0.2, 0.25) is 5.56 Å². The molecular weight excluding hydrogens is 405 g/mol. The Morgan fingerprint density at radius 1 is 1.09 bits per heavy atom. The number of alkyl halides is 1. The quantitative estimate of drug-likeness (QED) is 0.489. The van der Waals surface area contributed by atoms with E-state index in [1.54, 1.807) is 12.1 Å². The summed E-state index contributed by atoms with van der Waals surface area (Å²) in [7, 11) is 0. The van der Waals surface area contributed by atoms with Gasteiger partial charge in [0.25, 0.3) is 0 Å². The monoisotopic (exact) mass is 421 g/mol. The van der Waals surface area contributed by atoms with Crippen molar-refractivity contribution in [3.8, 4) is 5.75 Å². The third-order valence-corrected chi connectivity index (χ3v) is 4.47. The van der Waals surface area contributed by atoms with E-state index in [4.69, 9.17) is 4.74 Å². The Hall–Kier alpha value is -1.86. The lowest BCUT2D eigenvalue weighted by molar-refractivity contribution is 0.208. The smallest absolute Gasteiger partial charge is 0.248 e. The zero-order valence-electron chi connectivity index (χ0n) is 12.3. The van der Waals surface area contributed by atoms with Crippen LogP contribution in [0.2, 0.25) is 0 Å². The molecule has 2 N–H and O–H groups in total. The van der Waals surface area contributed by atoms with Crippen LogP contribution in [0.3, 0.4) is 0 Å². The van der Waals surface area contributed by atoms with E-state index in [-0.39, 0.29) is 5.56 Å². The lowest BCUT2D eigenvalue weighted by Gasteiger charge is -2.14. The molecule has 0 unspecified atom stereocenters. The van der Waals surface area contributed by atoms with Crippen LogP contribution in [0.4, 0.5) is 0 Å². The van der Waals surface area contributed by atoms with Crippen LogP contribution in [-0.2, 0) is 6.61 Å².